The highest BCUT2D eigenvalue weighted by Crippen LogP contribution is 2.66. The minimum Gasteiger partial charge on any atom is -0.392 e. The third kappa shape index (κ3) is 1.84. The fourth-order valence-corrected chi connectivity index (χ4v) is 6.16. The Balaban J connectivity index is 1.86. The second-order valence-corrected chi connectivity index (χ2v) is 7.98. The zero-order valence-corrected chi connectivity index (χ0v) is 12.0. The highest BCUT2D eigenvalue weighted by Gasteiger charge is 2.58. The van der Waals surface area contributed by atoms with Crippen LogP contribution in [-0.4, -0.2) is 17.8 Å². The smallest absolute Gasteiger partial charge is 0.0636 e. The van der Waals surface area contributed by atoms with Gasteiger partial charge >= 0.3 is 0 Å². The fourth-order valence-electron chi connectivity index (χ4n) is 6.16. The van der Waals surface area contributed by atoms with Gasteiger partial charge in [0.1, 0.15) is 0 Å². The summed E-state index contributed by atoms with van der Waals surface area (Å²) in [5.41, 5.74) is 6.62. The molecule has 0 aromatic rings. The van der Waals surface area contributed by atoms with E-state index >= 15 is 0 Å². The molecule has 4 bridgehead atoms. The molecule has 4 unspecified atom stereocenters. The minimum atomic E-state index is -0.155. The van der Waals surface area contributed by atoms with Gasteiger partial charge in [0.15, 0.2) is 0 Å². The number of rotatable bonds is 4. The highest BCUT2D eigenvalue weighted by molar-refractivity contribution is 5.09. The summed E-state index contributed by atoms with van der Waals surface area (Å²) < 4.78 is 0. The fraction of sp³-hybridized carbons (Fsp3) is 1.00. The molecule has 4 fully saturated rings. The first-order valence-corrected chi connectivity index (χ1v) is 7.88. The Morgan fingerprint density at radius 3 is 2.28 bits per heavy atom. The Hall–Kier alpha value is -0.0800. The van der Waals surface area contributed by atoms with E-state index < -0.39 is 0 Å². The van der Waals surface area contributed by atoms with E-state index in [0.29, 0.717) is 17.9 Å². The van der Waals surface area contributed by atoms with Gasteiger partial charge in [0.25, 0.3) is 0 Å². The molecule has 4 atom stereocenters. The van der Waals surface area contributed by atoms with E-state index in [0.717, 1.165) is 18.3 Å². The lowest BCUT2D eigenvalue weighted by Crippen LogP contribution is -2.57. The van der Waals surface area contributed by atoms with Crippen LogP contribution in [0, 0.1) is 28.6 Å². The molecular formula is C16H29NO. The van der Waals surface area contributed by atoms with E-state index in [9.17, 15) is 5.11 Å². The average Bonchev–Trinajstić information content (AvgIpc) is 2.27. The van der Waals surface area contributed by atoms with Crippen LogP contribution < -0.4 is 5.73 Å². The number of nitrogens with two attached hydrogens (primary N) is 1. The van der Waals surface area contributed by atoms with Crippen LogP contribution in [0.4, 0.5) is 0 Å². The summed E-state index contributed by atoms with van der Waals surface area (Å²) in [6.07, 6.45) is 8.93. The molecule has 0 heterocycles. The molecule has 2 heteroatoms. The van der Waals surface area contributed by atoms with Crippen molar-refractivity contribution in [1.29, 1.82) is 0 Å². The summed E-state index contributed by atoms with van der Waals surface area (Å²) >= 11 is 0. The van der Waals surface area contributed by atoms with Crippen molar-refractivity contribution in [1.82, 2.24) is 0 Å². The summed E-state index contributed by atoms with van der Waals surface area (Å²) in [6, 6.07) is 0. The lowest BCUT2D eigenvalue weighted by molar-refractivity contribution is -0.166. The van der Waals surface area contributed by atoms with Crippen molar-refractivity contribution in [2.45, 2.75) is 64.9 Å². The summed E-state index contributed by atoms with van der Waals surface area (Å²) in [5, 5.41) is 10.9. The first kappa shape index (κ1) is 12.9. The van der Waals surface area contributed by atoms with Crippen molar-refractivity contribution < 1.29 is 5.11 Å². The number of aliphatic hydroxyl groups is 1. The average molecular weight is 251 g/mol. The summed E-state index contributed by atoms with van der Waals surface area (Å²) in [5.74, 6) is 2.09. The molecule has 0 spiro atoms. The van der Waals surface area contributed by atoms with Gasteiger partial charge < -0.3 is 10.8 Å². The maximum absolute atomic E-state index is 10.9. The molecule has 4 aliphatic carbocycles. The van der Waals surface area contributed by atoms with Crippen LogP contribution in [0.1, 0.15) is 58.8 Å². The molecule has 18 heavy (non-hydrogen) atoms. The Morgan fingerprint density at radius 1 is 1.22 bits per heavy atom. The summed E-state index contributed by atoms with van der Waals surface area (Å²) in [6.45, 7) is 5.28. The quantitative estimate of drug-likeness (QED) is 0.807. The normalized spacial score (nSPS) is 49.3. The van der Waals surface area contributed by atoms with Crippen molar-refractivity contribution in [2.75, 3.05) is 6.54 Å². The highest BCUT2D eigenvalue weighted by atomic mass is 16.3. The Labute approximate surface area is 111 Å². The SMILES string of the molecule is CCC(CN)C(O)C12CC3CC(CC(C)(C3)C1)C2. The number of hydrogen-bond acceptors (Lipinski definition) is 2. The molecule has 4 saturated carbocycles. The van der Waals surface area contributed by atoms with Crippen molar-refractivity contribution in [2.24, 2.45) is 34.3 Å². The van der Waals surface area contributed by atoms with Crippen LogP contribution in [0.5, 0.6) is 0 Å². The second-order valence-electron chi connectivity index (χ2n) is 7.98. The van der Waals surface area contributed by atoms with Gasteiger partial charge in [-0.15, -0.1) is 0 Å². The molecule has 0 aliphatic heterocycles. The van der Waals surface area contributed by atoms with E-state index in [-0.39, 0.29) is 11.5 Å². The van der Waals surface area contributed by atoms with Crippen molar-refractivity contribution in [3.05, 3.63) is 0 Å². The predicted molar refractivity (Wildman–Crippen MR) is 74.1 cm³/mol. The zero-order valence-electron chi connectivity index (χ0n) is 12.0. The number of aliphatic hydroxyl groups excluding tert-OH is 1. The zero-order chi connectivity index (χ0) is 13.0. The lowest BCUT2D eigenvalue weighted by atomic mass is 9.43. The third-order valence-electron chi connectivity index (χ3n) is 6.30. The molecule has 4 rings (SSSR count). The van der Waals surface area contributed by atoms with Crippen LogP contribution in [0.2, 0.25) is 0 Å². The van der Waals surface area contributed by atoms with Crippen LogP contribution in [0.15, 0.2) is 0 Å². The number of hydrogen-bond donors (Lipinski definition) is 2. The standard InChI is InChI=1S/C16H29NO/c1-3-13(9-17)14(18)16-7-11-4-12(8-16)6-15(2,5-11)10-16/h11-14,18H,3-10,17H2,1-2H3. The van der Waals surface area contributed by atoms with E-state index in [1.165, 1.54) is 38.5 Å². The van der Waals surface area contributed by atoms with Gasteiger partial charge in [-0.1, -0.05) is 13.8 Å². The van der Waals surface area contributed by atoms with Gasteiger partial charge in [0.05, 0.1) is 6.10 Å². The lowest BCUT2D eigenvalue weighted by Gasteiger charge is -2.63. The van der Waals surface area contributed by atoms with Crippen molar-refractivity contribution in [3.8, 4) is 0 Å². The van der Waals surface area contributed by atoms with E-state index in [1.807, 2.05) is 0 Å². The van der Waals surface area contributed by atoms with Crippen LogP contribution in [0.3, 0.4) is 0 Å². The predicted octanol–water partition coefficient (Wildman–Crippen LogP) is 2.94. The molecule has 0 saturated heterocycles. The van der Waals surface area contributed by atoms with Gasteiger partial charge in [-0.2, -0.15) is 0 Å². The van der Waals surface area contributed by atoms with Crippen LogP contribution >= 0.6 is 0 Å². The molecule has 3 N–H and O–H groups in total. The summed E-state index contributed by atoms with van der Waals surface area (Å²) in [4.78, 5) is 0. The molecule has 104 valence electrons. The minimum absolute atomic E-state index is 0.155. The molecule has 2 nitrogen and oxygen atoms in total. The van der Waals surface area contributed by atoms with Gasteiger partial charge in [0.2, 0.25) is 0 Å². The maximum Gasteiger partial charge on any atom is 0.0636 e. The Kier molecular flexibility index (Phi) is 3.02. The molecule has 0 radical (unpaired) electrons. The van der Waals surface area contributed by atoms with Gasteiger partial charge in [0, 0.05) is 0 Å². The molecule has 0 aromatic heterocycles. The van der Waals surface area contributed by atoms with E-state index in [4.69, 9.17) is 5.73 Å². The van der Waals surface area contributed by atoms with Crippen LogP contribution in [-0.2, 0) is 0 Å². The first-order valence-electron chi connectivity index (χ1n) is 7.88. The van der Waals surface area contributed by atoms with Gasteiger partial charge in [-0.3, -0.25) is 0 Å². The van der Waals surface area contributed by atoms with E-state index in [1.54, 1.807) is 0 Å². The third-order valence-corrected chi connectivity index (χ3v) is 6.30. The first-order chi connectivity index (χ1) is 8.50. The summed E-state index contributed by atoms with van der Waals surface area (Å²) in [7, 11) is 0. The monoisotopic (exact) mass is 251 g/mol. The molecular weight excluding hydrogens is 222 g/mol. The molecule has 4 aliphatic rings. The maximum atomic E-state index is 10.9. The molecule has 0 aromatic carbocycles. The molecule has 0 amide bonds. The largest absolute Gasteiger partial charge is 0.392 e. The van der Waals surface area contributed by atoms with Crippen LogP contribution in [0.25, 0.3) is 0 Å². The van der Waals surface area contributed by atoms with E-state index in [2.05, 4.69) is 13.8 Å². The van der Waals surface area contributed by atoms with Gasteiger partial charge in [-0.25, -0.2) is 0 Å². The Bertz CT molecular complexity index is 309. The topological polar surface area (TPSA) is 46.2 Å². The second kappa shape index (κ2) is 4.21. The van der Waals surface area contributed by atoms with Gasteiger partial charge in [-0.05, 0) is 80.1 Å². The van der Waals surface area contributed by atoms with Crippen molar-refractivity contribution >= 4 is 0 Å². The Morgan fingerprint density at radius 2 is 1.83 bits per heavy atom. The van der Waals surface area contributed by atoms with Crippen molar-refractivity contribution in [3.63, 3.8) is 0 Å².